The molecule has 0 aliphatic carbocycles. The summed E-state index contributed by atoms with van der Waals surface area (Å²) in [5.74, 6) is -0.576. The highest BCUT2D eigenvalue weighted by molar-refractivity contribution is 7.89. The van der Waals surface area contributed by atoms with Crippen molar-refractivity contribution in [3.05, 3.63) is 65.5 Å². The van der Waals surface area contributed by atoms with E-state index in [1.807, 2.05) is 31.2 Å². The van der Waals surface area contributed by atoms with Crippen molar-refractivity contribution in [1.29, 1.82) is 0 Å². The van der Waals surface area contributed by atoms with E-state index in [1.54, 1.807) is 0 Å². The maximum Gasteiger partial charge on any atom is 0.241 e. The normalized spacial score (nSPS) is 16.5. The Bertz CT molecular complexity index is 840. The highest BCUT2D eigenvalue weighted by Crippen LogP contribution is 2.20. The minimum Gasteiger partial charge on any atom is -0.379 e. The smallest absolute Gasteiger partial charge is 0.241 e. The Morgan fingerprint density at radius 3 is 2.44 bits per heavy atom. The molecule has 148 valence electrons. The van der Waals surface area contributed by atoms with E-state index in [0.717, 1.165) is 30.3 Å². The van der Waals surface area contributed by atoms with Gasteiger partial charge < -0.3 is 4.74 Å². The predicted octanol–water partition coefficient (Wildman–Crippen LogP) is 2.91. The van der Waals surface area contributed by atoms with Gasteiger partial charge in [-0.05, 0) is 30.7 Å². The van der Waals surface area contributed by atoms with Crippen molar-refractivity contribution in [2.45, 2.75) is 17.9 Å². The maximum absolute atomic E-state index is 13.5. The molecule has 27 heavy (non-hydrogen) atoms. The minimum absolute atomic E-state index is 0. The van der Waals surface area contributed by atoms with E-state index in [2.05, 4.69) is 9.62 Å². The molecule has 3 rings (SSSR count). The molecule has 1 unspecified atom stereocenters. The molecule has 2 aromatic rings. The summed E-state index contributed by atoms with van der Waals surface area (Å²) in [6, 6.07) is 12.4. The van der Waals surface area contributed by atoms with Crippen LogP contribution in [-0.2, 0) is 14.8 Å². The molecule has 0 radical (unpaired) electrons. The van der Waals surface area contributed by atoms with Gasteiger partial charge in [-0.2, -0.15) is 0 Å². The molecule has 0 saturated carbocycles. The molecule has 5 nitrogen and oxygen atoms in total. The molecule has 8 heteroatoms. The third-order valence-corrected chi connectivity index (χ3v) is 5.90. The first kappa shape index (κ1) is 21.8. The first-order valence-corrected chi connectivity index (χ1v) is 10.1. The second-order valence-electron chi connectivity index (χ2n) is 6.45. The predicted molar refractivity (Wildman–Crippen MR) is 105 cm³/mol. The Kier molecular flexibility index (Phi) is 7.76. The second kappa shape index (κ2) is 9.61. The number of nitrogens with one attached hydrogen (secondary N) is 1. The van der Waals surface area contributed by atoms with Crippen molar-refractivity contribution in [3.63, 3.8) is 0 Å². The van der Waals surface area contributed by atoms with E-state index in [0.29, 0.717) is 19.8 Å². The third-order valence-electron chi connectivity index (χ3n) is 4.43. The first-order valence-electron chi connectivity index (χ1n) is 8.58. The van der Waals surface area contributed by atoms with Gasteiger partial charge in [0.25, 0.3) is 0 Å². The van der Waals surface area contributed by atoms with Crippen molar-refractivity contribution >= 4 is 22.4 Å². The summed E-state index contributed by atoms with van der Waals surface area (Å²) in [5, 5.41) is 0. The van der Waals surface area contributed by atoms with Crippen LogP contribution in [-0.4, -0.2) is 46.2 Å². The summed E-state index contributed by atoms with van der Waals surface area (Å²) >= 11 is 0. The molecule has 0 spiro atoms. The molecule has 0 aromatic heterocycles. The maximum atomic E-state index is 13.5. The fourth-order valence-corrected chi connectivity index (χ4v) is 4.19. The van der Waals surface area contributed by atoms with Gasteiger partial charge in [-0.3, -0.25) is 4.90 Å². The minimum atomic E-state index is -3.84. The van der Waals surface area contributed by atoms with Crippen LogP contribution in [0.4, 0.5) is 4.39 Å². The summed E-state index contributed by atoms with van der Waals surface area (Å²) in [5.41, 5.74) is 1.98. The lowest BCUT2D eigenvalue weighted by molar-refractivity contribution is 0.0345. The zero-order chi connectivity index (χ0) is 18.6. The largest absolute Gasteiger partial charge is 0.379 e. The van der Waals surface area contributed by atoms with Crippen molar-refractivity contribution in [2.75, 3.05) is 32.8 Å². The number of nitrogens with zero attached hydrogens (tertiary/aromatic N) is 1. The quantitative estimate of drug-likeness (QED) is 0.789. The van der Waals surface area contributed by atoms with Crippen LogP contribution in [0.5, 0.6) is 0 Å². The molecule has 0 amide bonds. The summed E-state index contributed by atoms with van der Waals surface area (Å²) < 4.78 is 47.1. The van der Waals surface area contributed by atoms with Gasteiger partial charge in [-0.25, -0.2) is 17.5 Å². The average Bonchev–Trinajstić information content (AvgIpc) is 2.62. The number of benzene rings is 2. The van der Waals surface area contributed by atoms with E-state index in [-0.39, 0.29) is 17.3 Å². The fourth-order valence-electron chi connectivity index (χ4n) is 2.94. The standard InChI is InChI=1S/C19H23FN2O3S.ClH/c1-15-5-7-16(8-6-15)19(14-22-9-11-25-12-10-22)21-26(23,24)18-4-2-3-17(20)13-18;/h2-8,13,19,21H,9-12,14H2,1H3;1H. The number of halogens is 2. The van der Waals surface area contributed by atoms with Crippen LogP contribution in [0, 0.1) is 12.7 Å². The Morgan fingerprint density at radius 2 is 1.81 bits per heavy atom. The van der Waals surface area contributed by atoms with Crippen molar-refractivity contribution in [2.24, 2.45) is 0 Å². The van der Waals surface area contributed by atoms with E-state index < -0.39 is 21.9 Å². The molecule has 1 atom stereocenters. The zero-order valence-electron chi connectivity index (χ0n) is 15.1. The van der Waals surface area contributed by atoms with Crippen molar-refractivity contribution < 1.29 is 17.5 Å². The van der Waals surface area contributed by atoms with E-state index >= 15 is 0 Å². The Morgan fingerprint density at radius 1 is 1.15 bits per heavy atom. The van der Waals surface area contributed by atoms with Gasteiger partial charge in [0.15, 0.2) is 0 Å². The molecule has 1 fully saturated rings. The molecular weight excluding hydrogens is 391 g/mol. The van der Waals surface area contributed by atoms with Crippen LogP contribution in [0.15, 0.2) is 53.4 Å². The number of aryl methyl sites for hydroxylation is 1. The molecule has 2 aromatic carbocycles. The number of ether oxygens (including phenoxy) is 1. The molecule has 1 aliphatic heterocycles. The molecule has 1 N–H and O–H groups in total. The van der Waals surface area contributed by atoms with Crippen LogP contribution in [0.1, 0.15) is 17.2 Å². The van der Waals surface area contributed by atoms with Gasteiger partial charge in [-0.1, -0.05) is 35.9 Å². The molecule has 1 saturated heterocycles. The molecular formula is C19H24ClFN2O3S. The lowest BCUT2D eigenvalue weighted by atomic mass is 10.1. The van der Waals surface area contributed by atoms with Gasteiger partial charge >= 0.3 is 0 Å². The highest BCUT2D eigenvalue weighted by atomic mass is 35.5. The van der Waals surface area contributed by atoms with Gasteiger partial charge in [0, 0.05) is 19.6 Å². The lowest BCUT2D eigenvalue weighted by Crippen LogP contribution is -2.43. The van der Waals surface area contributed by atoms with Crippen LogP contribution >= 0.6 is 12.4 Å². The van der Waals surface area contributed by atoms with Crippen molar-refractivity contribution in [1.82, 2.24) is 9.62 Å². The van der Waals surface area contributed by atoms with Crippen LogP contribution in [0.25, 0.3) is 0 Å². The summed E-state index contributed by atoms with van der Waals surface area (Å²) in [6.45, 7) is 5.29. The molecule has 1 heterocycles. The van der Waals surface area contributed by atoms with Crippen molar-refractivity contribution in [3.8, 4) is 0 Å². The topological polar surface area (TPSA) is 58.6 Å². The summed E-state index contributed by atoms with van der Waals surface area (Å²) in [7, 11) is -3.84. The van der Waals surface area contributed by atoms with Crippen LogP contribution < -0.4 is 4.72 Å². The SMILES string of the molecule is Cc1ccc(C(CN2CCOCC2)NS(=O)(=O)c2cccc(F)c2)cc1.Cl. The summed E-state index contributed by atoms with van der Waals surface area (Å²) in [4.78, 5) is 2.10. The van der Waals surface area contributed by atoms with Gasteiger partial charge in [-0.15, -0.1) is 12.4 Å². The second-order valence-corrected chi connectivity index (χ2v) is 8.17. The van der Waals surface area contributed by atoms with Crippen LogP contribution in [0.2, 0.25) is 0 Å². The van der Waals surface area contributed by atoms with E-state index in [9.17, 15) is 12.8 Å². The fraction of sp³-hybridized carbons (Fsp3) is 0.368. The molecule has 0 bridgehead atoms. The molecule has 1 aliphatic rings. The monoisotopic (exact) mass is 414 g/mol. The van der Waals surface area contributed by atoms with Gasteiger partial charge in [0.05, 0.1) is 24.2 Å². The zero-order valence-corrected chi connectivity index (χ0v) is 16.7. The number of sulfonamides is 1. The Balaban J connectivity index is 0.00000261. The number of hydrogen-bond acceptors (Lipinski definition) is 4. The van der Waals surface area contributed by atoms with Gasteiger partial charge in [0.2, 0.25) is 10.0 Å². The Labute approximate surface area is 166 Å². The van der Waals surface area contributed by atoms with E-state index in [4.69, 9.17) is 4.74 Å². The number of morpholine rings is 1. The van der Waals surface area contributed by atoms with Gasteiger partial charge in [0.1, 0.15) is 5.82 Å². The third kappa shape index (κ3) is 5.99. The van der Waals surface area contributed by atoms with Crippen LogP contribution in [0.3, 0.4) is 0 Å². The first-order chi connectivity index (χ1) is 12.4. The number of rotatable bonds is 6. The number of hydrogen-bond donors (Lipinski definition) is 1. The Hall–Kier alpha value is -1.51. The van der Waals surface area contributed by atoms with E-state index in [1.165, 1.54) is 18.2 Å². The average molecular weight is 415 g/mol. The summed E-state index contributed by atoms with van der Waals surface area (Å²) in [6.07, 6.45) is 0. The highest BCUT2D eigenvalue weighted by Gasteiger charge is 2.24. The lowest BCUT2D eigenvalue weighted by Gasteiger charge is -2.31.